The number of anilines is 2. The van der Waals surface area contributed by atoms with Crippen molar-refractivity contribution >= 4 is 27.2 Å². The molecule has 1 amide bonds. The zero-order chi connectivity index (χ0) is 24.7. The molecule has 1 unspecified atom stereocenters. The van der Waals surface area contributed by atoms with Gasteiger partial charge in [0.1, 0.15) is 17.7 Å². The highest BCUT2D eigenvalue weighted by atomic mass is 32.2. The Morgan fingerprint density at radius 3 is 2.32 bits per heavy atom. The Bertz CT molecular complexity index is 1170. The van der Waals surface area contributed by atoms with E-state index in [1.807, 2.05) is 4.90 Å². The molecule has 34 heavy (non-hydrogen) atoms. The van der Waals surface area contributed by atoms with Crippen LogP contribution in [0.4, 0.5) is 29.1 Å². The summed E-state index contributed by atoms with van der Waals surface area (Å²) in [5.41, 5.74) is -0.988. The first-order valence-corrected chi connectivity index (χ1v) is 12.5. The number of hydrogen-bond acceptors (Lipinski definition) is 7. The van der Waals surface area contributed by atoms with Crippen molar-refractivity contribution in [3.8, 4) is 0 Å². The lowest BCUT2D eigenvalue weighted by Crippen LogP contribution is -2.47. The molecule has 2 saturated heterocycles. The summed E-state index contributed by atoms with van der Waals surface area (Å²) in [7, 11) is -3.54. The number of carbonyl (C=O) groups is 1. The summed E-state index contributed by atoms with van der Waals surface area (Å²) in [5.74, 6) is -0.564. The van der Waals surface area contributed by atoms with E-state index in [2.05, 4.69) is 15.3 Å². The van der Waals surface area contributed by atoms with Crippen molar-refractivity contribution in [3.63, 3.8) is 0 Å². The lowest BCUT2D eigenvalue weighted by molar-refractivity contribution is -0.141. The SMILES string of the molecule is CS(=O)(=O)c1ccc(NC2CCN(C3CCN(c4cnc(C(F)(F)F)cn4)CC3)C2=O)c(F)c1. The van der Waals surface area contributed by atoms with Gasteiger partial charge < -0.3 is 15.1 Å². The van der Waals surface area contributed by atoms with Gasteiger partial charge in [0.25, 0.3) is 0 Å². The van der Waals surface area contributed by atoms with Gasteiger partial charge in [0.15, 0.2) is 15.5 Å². The Morgan fingerprint density at radius 1 is 1.06 bits per heavy atom. The van der Waals surface area contributed by atoms with Crippen molar-refractivity contribution < 1.29 is 30.8 Å². The second kappa shape index (κ2) is 9.01. The molecule has 2 aliphatic heterocycles. The molecular weight excluding hydrogens is 478 g/mol. The third kappa shape index (κ3) is 5.08. The minimum absolute atomic E-state index is 0.0459. The van der Waals surface area contributed by atoms with E-state index in [-0.39, 0.29) is 22.5 Å². The molecule has 3 heterocycles. The van der Waals surface area contributed by atoms with Crippen LogP contribution in [0, 0.1) is 5.82 Å². The van der Waals surface area contributed by atoms with Crippen LogP contribution in [0.5, 0.6) is 0 Å². The number of halogens is 4. The van der Waals surface area contributed by atoms with E-state index in [4.69, 9.17) is 0 Å². The number of nitrogens with one attached hydrogen (secondary N) is 1. The lowest BCUT2D eigenvalue weighted by atomic mass is 10.0. The molecule has 1 aromatic heterocycles. The molecule has 2 aliphatic rings. The van der Waals surface area contributed by atoms with Gasteiger partial charge in [-0.1, -0.05) is 0 Å². The van der Waals surface area contributed by atoms with Crippen molar-refractivity contribution in [3.05, 3.63) is 42.1 Å². The number of alkyl halides is 3. The van der Waals surface area contributed by atoms with Gasteiger partial charge in [-0.05, 0) is 37.5 Å². The summed E-state index contributed by atoms with van der Waals surface area (Å²) >= 11 is 0. The Morgan fingerprint density at radius 2 is 1.76 bits per heavy atom. The Kier molecular flexibility index (Phi) is 6.40. The molecule has 8 nitrogen and oxygen atoms in total. The average Bonchev–Trinajstić information content (AvgIpc) is 3.14. The van der Waals surface area contributed by atoms with Crippen LogP contribution in [0.15, 0.2) is 35.5 Å². The molecule has 4 rings (SSSR count). The Balaban J connectivity index is 1.34. The minimum atomic E-state index is -4.54. The molecule has 0 aliphatic carbocycles. The maximum Gasteiger partial charge on any atom is 0.434 e. The number of rotatable bonds is 5. The van der Waals surface area contributed by atoms with Crippen LogP contribution >= 0.6 is 0 Å². The molecule has 1 atom stereocenters. The molecule has 0 radical (unpaired) electrons. The van der Waals surface area contributed by atoms with Crippen LogP contribution < -0.4 is 10.2 Å². The number of benzene rings is 1. The summed E-state index contributed by atoms with van der Waals surface area (Å²) in [6, 6.07) is 2.85. The van der Waals surface area contributed by atoms with Crippen molar-refractivity contribution in [1.82, 2.24) is 14.9 Å². The maximum atomic E-state index is 14.4. The predicted molar refractivity (Wildman–Crippen MR) is 116 cm³/mol. The summed E-state index contributed by atoms with van der Waals surface area (Å²) in [6.07, 6.45) is -0.0502. The van der Waals surface area contributed by atoms with Gasteiger partial charge in [-0.25, -0.2) is 22.8 Å². The molecule has 0 saturated carbocycles. The Labute approximate surface area is 193 Å². The molecule has 13 heteroatoms. The molecule has 0 spiro atoms. The number of aromatic nitrogens is 2. The number of hydrogen-bond donors (Lipinski definition) is 1. The third-order valence-corrected chi connectivity index (χ3v) is 7.21. The molecule has 2 aromatic rings. The molecular formula is C21H23F4N5O3S. The van der Waals surface area contributed by atoms with Gasteiger partial charge >= 0.3 is 6.18 Å². The van der Waals surface area contributed by atoms with Crippen LogP contribution in [0.2, 0.25) is 0 Å². The van der Waals surface area contributed by atoms with Gasteiger partial charge in [0.2, 0.25) is 5.91 Å². The fourth-order valence-corrected chi connectivity index (χ4v) is 4.90. The van der Waals surface area contributed by atoms with Crippen molar-refractivity contribution in [2.45, 2.75) is 42.4 Å². The number of sulfone groups is 1. The van der Waals surface area contributed by atoms with Crippen molar-refractivity contribution in [2.24, 2.45) is 0 Å². The largest absolute Gasteiger partial charge is 0.434 e. The number of piperidine rings is 1. The van der Waals surface area contributed by atoms with Gasteiger partial charge in [-0.2, -0.15) is 13.2 Å². The van der Waals surface area contributed by atoms with Gasteiger partial charge in [-0.15, -0.1) is 0 Å². The fraction of sp³-hybridized carbons (Fsp3) is 0.476. The van der Waals surface area contributed by atoms with Gasteiger partial charge in [0, 0.05) is 31.9 Å². The van der Waals surface area contributed by atoms with Crippen molar-refractivity contribution in [1.29, 1.82) is 0 Å². The predicted octanol–water partition coefficient (Wildman–Crippen LogP) is 2.72. The smallest absolute Gasteiger partial charge is 0.371 e. The van der Waals surface area contributed by atoms with E-state index in [1.54, 1.807) is 4.90 Å². The molecule has 1 N–H and O–H groups in total. The molecule has 0 bridgehead atoms. The highest BCUT2D eigenvalue weighted by Gasteiger charge is 2.38. The standard InChI is InChI=1S/C21H23F4N5O3S/c1-34(32,33)14-2-3-16(15(22)10-14)28-17-6-9-30(20(17)31)13-4-7-29(8-5-13)19-12-26-18(11-27-19)21(23,24)25/h2-3,10-13,17,28H,4-9H2,1H3. The quantitative estimate of drug-likeness (QED) is 0.630. The van der Waals surface area contributed by atoms with Crippen molar-refractivity contribution in [2.75, 3.05) is 36.1 Å². The zero-order valence-electron chi connectivity index (χ0n) is 18.2. The van der Waals surface area contributed by atoms with Gasteiger partial charge in [-0.3, -0.25) is 4.79 Å². The van der Waals surface area contributed by atoms with Crippen LogP contribution in [0.1, 0.15) is 25.0 Å². The maximum absolute atomic E-state index is 14.4. The number of nitrogens with zero attached hydrogens (tertiary/aromatic N) is 4. The second-order valence-corrected chi connectivity index (χ2v) is 10.4. The normalized spacial score (nSPS) is 20.1. The number of carbonyl (C=O) groups excluding carboxylic acids is 1. The first kappa shape index (κ1) is 24.2. The van der Waals surface area contributed by atoms with E-state index in [0.29, 0.717) is 50.9 Å². The highest BCUT2D eigenvalue weighted by Crippen LogP contribution is 2.29. The highest BCUT2D eigenvalue weighted by molar-refractivity contribution is 7.90. The first-order chi connectivity index (χ1) is 15.9. The second-order valence-electron chi connectivity index (χ2n) is 8.41. The fourth-order valence-electron chi connectivity index (χ4n) is 4.27. The van der Waals surface area contributed by atoms with Crippen LogP contribution in [-0.2, 0) is 20.8 Å². The number of amides is 1. The van der Waals surface area contributed by atoms with E-state index in [0.717, 1.165) is 18.5 Å². The average molecular weight is 502 g/mol. The minimum Gasteiger partial charge on any atom is -0.371 e. The monoisotopic (exact) mass is 501 g/mol. The molecule has 184 valence electrons. The van der Waals surface area contributed by atoms with E-state index in [1.165, 1.54) is 12.1 Å². The zero-order valence-corrected chi connectivity index (χ0v) is 19.0. The van der Waals surface area contributed by atoms with Crippen LogP contribution in [0.3, 0.4) is 0 Å². The first-order valence-electron chi connectivity index (χ1n) is 10.6. The van der Waals surface area contributed by atoms with Crippen LogP contribution in [-0.4, -0.2) is 67.2 Å². The summed E-state index contributed by atoms with van der Waals surface area (Å²) < 4.78 is 75.6. The van der Waals surface area contributed by atoms with E-state index < -0.39 is 33.6 Å². The van der Waals surface area contributed by atoms with E-state index >= 15 is 0 Å². The molecule has 2 fully saturated rings. The third-order valence-electron chi connectivity index (χ3n) is 6.10. The van der Waals surface area contributed by atoms with Gasteiger partial charge in [0.05, 0.1) is 23.0 Å². The number of likely N-dealkylation sites (tertiary alicyclic amines) is 1. The summed E-state index contributed by atoms with van der Waals surface area (Å²) in [5, 5.41) is 2.88. The Hall–Kier alpha value is -2.96. The summed E-state index contributed by atoms with van der Waals surface area (Å²) in [6.45, 7) is 1.51. The summed E-state index contributed by atoms with van der Waals surface area (Å²) in [4.78, 5) is 23.7. The van der Waals surface area contributed by atoms with E-state index in [9.17, 15) is 30.8 Å². The topological polar surface area (TPSA) is 95.5 Å². The van der Waals surface area contributed by atoms with Crippen LogP contribution in [0.25, 0.3) is 0 Å². The molecule has 1 aromatic carbocycles. The lowest BCUT2D eigenvalue weighted by Gasteiger charge is -2.37.